The number of hydrogen-bond donors (Lipinski definition) is 1. The van der Waals surface area contributed by atoms with E-state index in [4.69, 9.17) is 4.74 Å². The molecule has 1 atom stereocenters. The van der Waals surface area contributed by atoms with Crippen LogP contribution in [0.3, 0.4) is 0 Å². The molecule has 0 aromatic heterocycles. The van der Waals surface area contributed by atoms with Gasteiger partial charge >= 0.3 is 0 Å². The van der Waals surface area contributed by atoms with Crippen LogP contribution in [0.1, 0.15) is 12.5 Å². The first kappa shape index (κ1) is 17.1. The Kier molecular flexibility index (Phi) is 5.12. The summed E-state index contributed by atoms with van der Waals surface area (Å²) in [4.78, 5) is 16.5. The zero-order valence-corrected chi connectivity index (χ0v) is 14.7. The summed E-state index contributed by atoms with van der Waals surface area (Å²) in [5.41, 5.74) is 1.98. The number of benzene rings is 2. The Morgan fingerprint density at radius 3 is 2.32 bits per heavy atom. The van der Waals surface area contributed by atoms with Gasteiger partial charge in [-0.3, -0.25) is 4.79 Å². The first-order valence-electron chi connectivity index (χ1n) is 8.59. The highest BCUT2D eigenvalue weighted by atomic mass is 16.5. The Hall–Kier alpha value is -2.69. The number of carbonyl (C=O) groups excluding carboxylic acids is 1. The number of hydrogen-bond acceptors (Lipinski definition) is 4. The number of ether oxygens (including phenoxy) is 1. The minimum absolute atomic E-state index is 0.00231. The number of phenols is 1. The Balaban J connectivity index is 1.56. The molecule has 132 valence electrons. The fraction of sp³-hybridized carbons (Fsp3) is 0.350. The van der Waals surface area contributed by atoms with Crippen LogP contribution in [0, 0.1) is 6.92 Å². The molecular formula is C20H24N2O3. The molecule has 1 heterocycles. The van der Waals surface area contributed by atoms with Crippen LogP contribution in [-0.2, 0) is 4.79 Å². The maximum absolute atomic E-state index is 12.6. The number of aromatic hydroxyl groups is 1. The van der Waals surface area contributed by atoms with E-state index in [0.29, 0.717) is 31.9 Å². The van der Waals surface area contributed by atoms with Crippen molar-refractivity contribution in [1.82, 2.24) is 4.90 Å². The molecule has 3 rings (SSSR count). The molecule has 0 aliphatic carbocycles. The van der Waals surface area contributed by atoms with Crippen molar-refractivity contribution in [2.45, 2.75) is 20.0 Å². The van der Waals surface area contributed by atoms with Crippen molar-refractivity contribution in [3.8, 4) is 11.5 Å². The summed E-state index contributed by atoms with van der Waals surface area (Å²) in [5, 5.41) is 9.97. The van der Waals surface area contributed by atoms with Gasteiger partial charge in [0.15, 0.2) is 6.10 Å². The lowest BCUT2D eigenvalue weighted by atomic mass is 10.2. The van der Waals surface area contributed by atoms with Gasteiger partial charge in [0.1, 0.15) is 11.5 Å². The summed E-state index contributed by atoms with van der Waals surface area (Å²) in [6.45, 7) is 6.44. The Morgan fingerprint density at radius 1 is 1.04 bits per heavy atom. The van der Waals surface area contributed by atoms with Crippen LogP contribution in [0.15, 0.2) is 48.5 Å². The number of piperazine rings is 1. The summed E-state index contributed by atoms with van der Waals surface area (Å²) >= 11 is 0. The topological polar surface area (TPSA) is 53.0 Å². The highest BCUT2D eigenvalue weighted by Gasteiger charge is 2.26. The molecule has 1 unspecified atom stereocenters. The predicted molar refractivity (Wildman–Crippen MR) is 98.2 cm³/mol. The molecule has 2 aromatic carbocycles. The van der Waals surface area contributed by atoms with Crippen molar-refractivity contribution in [3.63, 3.8) is 0 Å². The smallest absolute Gasteiger partial charge is 0.263 e. The number of amides is 1. The van der Waals surface area contributed by atoms with Crippen LogP contribution >= 0.6 is 0 Å². The van der Waals surface area contributed by atoms with Crippen molar-refractivity contribution >= 4 is 11.6 Å². The summed E-state index contributed by atoms with van der Waals surface area (Å²) < 4.78 is 5.77. The van der Waals surface area contributed by atoms with Crippen LogP contribution in [0.4, 0.5) is 5.69 Å². The van der Waals surface area contributed by atoms with E-state index in [0.717, 1.165) is 11.3 Å². The lowest BCUT2D eigenvalue weighted by Crippen LogP contribution is -2.52. The van der Waals surface area contributed by atoms with E-state index in [1.807, 2.05) is 54.3 Å². The molecule has 1 amide bonds. The second kappa shape index (κ2) is 7.47. The minimum atomic E-state index is -0.514. The third kappa shape index (κ3) is 4.05. The molecule has 1 N–H and O–H groups in total. The normalized spacial score (nSPS) is 15.8. The van der Waals surface area contributed by atoms with Crippen molar-refractivity contribution in [2.24, 2.45) is 0 Å². The van der Waals surface area contributed by atoms with Gasteiger partial charge in [0.25, 0.3) is 5.91 Å². The summed E-state index contributed by atoms with van der Waals surface area (Å²) in [7, 11) is 0. The molecule has 25 heavy (non-hydrogen) atoms. The van der Waals surface area contributed by atoms with Gasteiger partial charge in [0.2, 0.25) is 0 Å². The molecule has 2 aromatic rings. The number of carbonyl (C=O) groups is 1. The van der Waals surface area contributed by atoms with Gasteiger partial charge in [0, 0.05) is 26.2 Å². The minimum Gasteiger partial charge on any atom is -0.506 e. The number of anilines is 1. The molecule has 0 radical (unpaired) electrons. The molecule has 0 saturated carbocycles. The average molecular weight is 340 g/mol. The summed E-state index contributed by atoms with van der Waals surface area (Å²) in [5.74, 6) is 0.982. The summed E-state index contributed by atoms with van der Waals surface area (Å²) in [6.07, 6.45) is -0.514. The van der Waals surface area contributed by atoms with Crippen LogP contribution in [0.2, 0.25) is 0 Å². The fourth-order valence-corrected chi connectivity index (χ4v) is 3.03. The van der Waals surface area contributed by atoms with Gasteiger partial charge < -0.3 is 19.6 Å². The summed E-state index contributed by atoms with van der Waals surface area (Å²) in [6, 6.07) is 15.0. The Bertz CT molecular complexity index is 722. The van der Waals surface area contributed by atoms with Gasteiger partial charge in [-0.05, 0) is 38.1 Å². The van der Waals surface area contributed by atoms with Gasteiger partial charge in [-0.15, -0.1) is 0 Å². The maximum Gasteiger partial charge on any atom is 0.263 e. The standard InChI is InChI=1S/C20H24N2O3/c1-15-7-9-17(10-8-15)25-16(2)20(24)22-13-11-21(12-14-22)18-5-3-4-6-19(18)23/h3-10,16,23H,11-14H2,1-2H3. The molecule has 1 saturated heterocycles. The molecule has 0 spiro atoms. The zero-order valence-electron chi connectivity index (χ0n) is 14.7. The molecule has 5 heteroatoms. The Morgan fingerprint density at radius 2 is 1.68 bits per heavy atom. The molecule has 5 nitrogen and oxygen atoms in total. The van der Waals surface area contributed by atoms with Crippen LogP contribution in [0.5, 0.6) is 11.5 Å². The van der Waals surface area contributed by atoms with Crippen molar-refractivity contribution in [1.29, 1.82) is 0 Å². The van der Waals surface area contributed by atoms with Crippen molar-refractivity contribution in [2.75, 3.05) is 31.1 Å². The molecule has 1 aliphatic rings. The van der Waals surface area contributed by atoms with Crippen LogP contribution in [-0.4, -0.2) is 48.2 Å². The number of nitrogens with zero attached hydrogens (tertiary/aromatic N) is 2. The predicted octanol–water partition coefficient (Wildman–Crippen LogP) is 2.82. The molecule has 1 aliphatic heterocycles. The van der Waals surface area contributed by atoms with Crippen molar-refractivity contribution in [3.05, 3.63) is 54.1 Å². The highest BCUT2D eigenvalue weighted by Crippen LogP contribution is 2.27. The SMILES string of the molecule is Cc1ccc(OC(C)C(=O)N2CCN(c3ccccc3O)CC2)cc1. The number of phenolic OH excluding ortho intramolecular Hbond substituents is 1. The van der Waals surface area contributed by atoms with E-state index in [1.54, 1.807) is 13.0 Å². The largest absolute Gasteiger partial charge is 0.506 e. The van der Waals surface area contributed by atoms with Gasteiger partial charge in [-0.1, -0.05) is 29.8 Å². The molecule has 1 fully saturated rings. The maximum atomic E-state index is 12.6. The highest BCUT2D eigenvalue weighted by molar-refractivity contribution is 5.81. The third-order valence-corrected chi connectivity index (χ3v) is 4.50. The van der Waals surface area contributed by atoms with E-state index >= 15 is 0 Å². The van der Waals surface area contributed by atoms with E-state index < -0.39 is 6.10 Å². The molecular weight excluding hydrogens is 316 g/mol. The lowest BCUT2D eigenvalue weighted by Gasteiger charge is -2.37. The van der Waals surface area contributed by atoms with Gasteiger partial charge in [0.05, 0.1) is 5.69 Å². The Labute approximate surface area is 148 Å². The van der Waals surface area contributed by atoms with Crippen LogP contribution < -0.4 is 9.64 Å². The fourth-order valence-electron chi connectivity index (χ4n) is 3.03. The number of para-hydroxylation sites is 2. The lowest BCUT2D eigenvalue weighted by molar-refractivity contribution is -0.138. The number of rotatable bonds is 4. The number of aryl methyl sites for hydroxylation is 1. The first-order chi connectivity index (χ1) is 12.0. The first-order valence-corrected chi connectivity index (χ1v) is 8.59. The second-order valence-corrected chi connectivity index (χ2v) is 6.37. The zero-order chi connectivity index (χ0) is 17.8. The molecule has 0 bridgehead atoms. The quantitative estimate of drug-likeness (QED) is 0.930. The van der Waals surface area contributed by atoms with Gasteiger partial charge in [-0.2, -0.15) is 0 Å². The second-order valence-electron chi connectivity index (χ2n) is 6.37. The van der Waals surface area contributed by atoms with Crippen LogP contribution in [0.25, 0.3) is 0 Å². The van der Waals surface area contributed by atoms with Gasteiger partial charge in [-0.25, -0.2) is 0 Å². The van der Waals surface area contributed by atoms with Crippen molar-refractivity contribution < 1.29 is 14.6 Å². The van der Waals surface area contributed by atoms with E-state index in [1.165, 1.54) is 0 Å². The third-order valence-electron chi connectivity index (χ3n) is 4.50. The van der Waals surface area contributed by atoms with E-state index in [9.17, 15) is 9.90 Å². The van der Waals surface area contributed by atoms with E-state index in [2.05, 4.69) is 4.90 Å². The van der Waals surface area contributed by atoms with E-state index in [-0.39, 0.29) is 11.7 Å². The average Bonchev–Trinajstić information content (AvgIpc) is 2.63. The monoisotopic (exact) mass is 340 g/mol.